The van der Waals surface area contributed by atoms with Gasteiger partial charge in [-0.15, -0.1) is 0 Å². The zero-order valence-corrected chi connectivity index (χ0v) is 10.0. The van der Waals surface area contributed by atoms with E-state index in [2.05, 4.69) is 4.72 Å². The number of morpholine rings is 1. The van der Waals surface area contributed by atoms with Gasteiger partial charge in [-0.3, -0.25) is 0 Å². The van der Waals surface area contributed by atoms with Crippen molar-refractivity contribution in [3.05, 3.63) is 0 Å². The molecule has 16 heavy (non-hydrogen) atoms. The molecule has 1 fully saturated rings. The molecule has 1 aliphatic heterocycles. The highest BCUT2D eigenvalue weighted by Gasteiger charge is 2.23. The average Bonchev–Trinajstić information content (AvgIpc) is 2.30. The maximum Gasteiger partial charge on any atom is 0.279 e. The molecule has 1 rings (SSSR count). The molecule has 0 aliphatic carbocycles. The Morgan fingerprint density at radius 1 is 1.31 bits per heavy atom. The molecule has 1 heterocycles. The Labute approximate surface area is 96.1 Å². The minimum Gasteiger partial charge on any atom is -0.379 e. The summed E-state index contributed by atoms with van der Waals surface area (Å²) >= 11 is 0. The van der Waals surface area contributed by atoms with Crippen molar-refractivity contribution < 1.29 is 17.9 Å². The fraction of sp³-hybridized carbons (Fsp3) is 1.00. The van der Waals surface area contributed by atoms with Crippen LogP contribution in [0.15, 0.2) is 0 Å². The van der Waals surface area contributed by atoms with Gasteiger partial charge in [0.25, 0.3) is 10.2 Å². The fourth-order valence-electron chi connectivity index (χ4n) is 1.31. The molecule has 0 aromatic rings. The van der Waals surface area contributed by atoms with Gasteiger partial charge >= 0.3 is 0 Å². The van der Waals surface area contributed by atoms with Crippen LogP contribution >= 0.6 is 0 Å². The molecule has 0 bridgehead atoms. The normalized spacial score (nSPS) is 18.8. The lowest BCUT2D eigenvalue weighted by Gasteiger charge is -2.26. The van der Waals surface area contributed by atoms with Crippen molar-refractivity contribution in [1.82, 2.24) is 9.03 Å². The fourth-order valence-corrected chi connectivity index (χ4v) is 2.46. The summed E-state index contributed by atoms with van der Waals surface area (Å²) in [5.74, 6) is 0. The third-order valence-electron chi connectivity index (χ3n) is 2.10. The third kappa shape index (κ3) is 4.73. The largest absolute Gasteiger partial charge is 0.379 e. The predicted octanol–water partition coefficient (Wildman–Crippen LogP) is -1.87. The van der Waals surface area contributed by atoms with E-state index in [1.54, 1.807) is 0 Å². The standard InChI is InChI=1S/C8H19N3O4S/c9-1-5-14-6-2-10-16(12,13)11-3-7-15-8-4-11/h10H,1-9H2. The molecule has 0 atom stereocenters. The minimum atomic E-state index is -3.38. The van der Waals surface area contributed by atoms with E-state index in [9.17, 15) is 8.42 Å². The molecular formula is C8H19N3O4S. The van der Waals surface area contributed by atoms with Crippen LogP contribution in [0, 0.1) is 0 Å². The second kappa shape index (κ2) is 7.15. The van der Waals surface area contributed by atoms with Gasteiger partial charge in [0.15, 0.2) is 0 Å². The Balaban J connectivity index is 2.22. The van der Waals surface area contributed by atoms with Gasteiger partial charge in [-0.05, 0) is 0 Å². The lowest BCUT2D eigenvalue weighted by atomic mass is 10.5. The summed E-state index contributed by atoms with van der Waals surface area (Å²) in [5, 5.41) is 0. The van der Waals surface area contributed by atoms with Crippen molar-refractivity contribution >= 4 is 10.2 Å². The molecule has 0 radical (unpaired) electrons. The Bertz CT molecular complexity index is 277. The molecule has 1 aliphatic rings. The maximum atomic E-state index is 11.7. The second-order valence-electron chi connectivity index (χ2n) is 3.31. The summed E-state index contributed by atoms with van der Waals surface area (Å²) < 4.78 is 37.4. The van der Waals surface area contributed by atoms with Crippen LogP contribution in [0.2, 0.25) is 0 Å². The summed E-state index contributed by atoms with van der Waals surface area (Å²) in [4.78, 5) is 0. The Morgan fingerprint density at radius 3 is 2.62 bits per heavy atom. The molecule has 0 spiro atoms. The highest BCUT2D eigenvalue weighted by Crippen LogP contribution is 2.02. The number of hydrogen-bond donors (Lipinski definition) is 2. The molecule has 0 amide bonds. The quantitative estimate of drug-likeness (QED) is 0.518. The number of nitrogens with one attached hydrogen (secondary N) is 1. The zero-order valence-electron chi connectivity index (χ0n) is 9.22. The van der Waals surface area contributed by atoms with E-state index < -0.39 is 10.2 Å². The number of nitrogens with zero attached hydrogens (tertiary/aromatic N) is 1. The molecular weight excluding hydrogens is 234 g/mol. The van der Waals surface area contributed by atoms with Crippen molar-refractivity contribution in [2.24, 2.45) is 5.73 Å². The Morgan fingerprint density at radius 2 is 2.00 bits per heavy atom. The summed E-state index contributed by atoms with van der Waals surface area (Å²) in [7, 11) is -3.38. The van der Waals surface area contributed by atoms with Crippen molar-refractivity contribution in [3.8, 4) is 0 Å². The predicted molar refractivity (Wildman–Crippen MR) is 59.2 cm³/mol. The SMILES string of the molecule is NCCOCCNS(=O)(=O)N1CCOCC1. The van der Waals surface area contributed by atoms with E-state index in [4.69, 9.17) is 15.2 Å². The summed E-state index contributed by atoms with van der Waals surface area (Å²) in [6.45, 7) is 3.18. The van der Waals surface area contributed by atoms with Crippen LogP contribution < -0.4 is 10.5 Å². The van der Waals surface area contributed by atoms with Crippen molar-refractivity contribution in [1.29, 1.82) is 0 Å². The van der Waals surface area contributed by atoms with E-state index in [0.717, 1.165) is 0 Å². The Kier molecular flexibility index (Phi) is 6.17. The minimum absolute atomic E-state index is 0.264. The van der Waals surface area contributed by atoms with E-state index in [0.29, 0.717) is 46.1 Å². The van der Waals surface area contributed by atoms with Gasteiger partial charge in [0.2, 0.25) is 0 Å². The Hall–Kier alpha value is -0.250. The highest BCUT2D eigenvalue weighted by atomic mass is 32.2. The number of rotatable bonds is 7. The first kappa shape index (κ1) is 13.8. The van der Waals surface area contributed by atoms with Gasteiger partial charge in [0.1, 0.15) is 0 Å². The summed E-state index contributed by atoms with van der Waals surface area (Å²) in [6.07, 6.45) is 0. The molecule has 96 valence electrons. The van der Waals surface area contributed by atoms with E-state index in [1.165, 1.54) is 4.31 Å². The third-order valence-corrected chi connectivity index (χ3v) is 3.72. The van der Waals surface area contributed by atoms with Gasteiger partial charge in [-0.25, -0.2) is 0 Å². The molecule has 0 aromatic heterocycles. The van der Waals surface area contributed by atoms with Gasteiger partial charge in [-0.1, -0.05) is 0 Å². The smallest absolute Gasteiger partial charge is 0.279 e. The lowest BCUT2D eigenvalue weighted by molar-refractivity contribution is 0.0722. The first-order chi connectivity index (χ1) is 7.67. The van der Waals surface area contributed by atoms with Crippen LogP contribution in [0.1, 0.15) is 0 Å². The number of nitrogens with two attached hydrogens (primary N) is 1. The molecule has 3 N–H and O–H groups in total. The number of hydrogen-bond acceptors (Lipinski definition) is 5. The first-order valence-electron chi connectivity index (χ1n) is 5.27. The van der Waals surface area contributed by atoms with Gasteiger partial charge in [0.05, 0.1) is 26.4 Å². The molecule has 0 saturated carbocycles. The molecule has 0 unspecified atom stereocenters. The van der Waals surface area contributed by atoms with E-state index in [1.807, 2.05) is 0 Å². The van der Waals surface area contributed by atoms with Gasteiger partial charge < -0.3 is 15.2 Å². The van der Waals surface area contributed by atoms with Crippen LogP contribution in [0.5, 0.6) is 0 Å². The molecule has 8 heteroatoms. The monoisotopic (exact) mass is 253 g/mol. The van der Waals surface area contributed by atoms with Crippen molar-refractivity contribution in [2.45, 2.75) is 0 Å². The molecule has 7 nitrogen and oxygen atoms in total. The number of ether oxygens (including phenoxy) is 2. The maximum absolute atomic E-state index is 11.7. The van der Waals surface area contributed by atoms with Crippen LogP contribution in [0.4, 0.5) is 0 Å². The lowest BCUT2D eigenvalue weighted by Crippen LogP contribution is -2.47. The van der Waals surface area contributed by atoms with Crippen LogP contribution in [0.3, 0.4) is 0 Å². The average molecular weight is 253 g/mol. The van der Waals surface area contributed by atoms with E-state index in [-0.39, 0.29) is 6.54 Å². The molecule has 1 saturated heterocycles. The molecule has 0 aromatic carbocycles. The van der Waals surface area contributed by atoms with Crippen molar-refractivity contribution in [2.75, 3.05) is 52.6 Å². The van der Waals surface area contributed by atoms with Crippen LogP contribution in [-0.4, -0.2) is 65.3 Å². The summed E-state index contributed by atoms with van der Waals surface area (Å²) in [6, 6.07) is 0. The van der Waals surface area contributed by atoms with Crippen LogP contribution in [-0.2, 0) is 19.7 Å². The summed E-state index contributed by atoms with van der Waals surface area (Å²) in [5.41, 5.74) is 5.23. The highest BCUT2D eigenvalue weighted by molar-refractivity contribution is 7.87. The van der Waals surface area contributed by atoms with E-state index >= 15 is 0 Å². The second-order valence-corrected chi connectivity index (χ2v) is 5.07. The zero-order chi connectivity index (χ0) is 11.9. The first-order valence-corrected chi connectivity index (χ1v) is 6.71. The van der Waals surface area contributed by atoms with Gasteiger partial charge in [0, 0.05) is 26.2 Å². The van der Waals surface area contributed by atoms with Crippen LogP contribution in [0.25, 0.3) is 0 Å². The topological polar surface area (TPSA) is 93.9 Å². The van der Waals surface area contributed by atoms with Crippen molar-refractivity contribution in [3.63, 3.8) is 0 Å². The van der Waals surface area contributed by atoms with Gasteiger partial charge in [-0.2, -0.15) is 17.4 Å².